The third-order valence-electron chi connectivity index (χ3n) is 6.69. The van der Waals surface area contributed by atoms with Gasteiger partial charge in [0, 0.05) is 18.8 Å². The Morgan fingerprint density at radius 2 is 1.36 bits per heavy atom. The number of hydrogen-bond donors (Lipinski definition) is 4. The Labute approximate surface area is 245 Å². The van der Waals surface area contributed by atoms with Crippen LogP contribution in [0.1, 0.15) is 67.7 Å². The molecule has 0 bridgehead atoms. The van der Waals surface area contributed by atoms with Crippen LogP contribution in [0.4, 0.5) is 9.59 Å². The van der Waals surface area contributed by atoms with Crippen molar-refractivity contribution < 1.29 is 53.5 Å². The minimum Gasteiger partial charge on any atom is -0.480 e. The zero-order valence-electron chi connectivity index (χ0n) is 25.4. The lowest BCUT2D eigenvalue weighted by molar-refractivity contribution is -0.149. The van der Waals surface area contributed by atoms with Crippen molar-refractivity contribution in [1.82, 2.24) is 15.1 Å². The van der Waals surface area contributed by atoms with E-state index in [2.05, 4.69) is 11.9 Å². The van der Waals surface area contributed by atoms with Crippen molar-refractivity contribution in [2.24, 2.45) is 5.92 Å². The highest BCUT2D eigenvalue weighted by Crippen LogP contribution is 2.45. The van der Waals surface area contributed by atoms with Gasteiger partial charge in [0.05, 0.1) is 31.9 Å². The molecule has 0 spiro atoms. The van der Waals surface area contributed by atoms with Crippen molar-refractivity contribution in [3.8, 4) is 0 Å². The number of aliphatic hydroxyl groups is 2. The topological polar surface area (TPSA) is 192 Å². The van der Waals surface area contributed by atoms with Crippen molar-refractivity contribution in [2.75, 3.05) is 19.7 Å². The summed E-state index contributed by atoms with van der Waals surface area (Å²) in [4.78, 5) is 62.2. The van der Waals surface area contributed by atoms with E-state index in [0.29, 0.717) is 6.42 Å². The first-order chi connectivity index (χ1) is 19.2. The molecule has 2 aliphatic heterocycles. The predicted octanol–water partition coefficient (Wildman–Crippen LogP) is 1.42. The van der Waals surface area contributed by atoms with Crippen LogP contribution in [0.15, 0.2) is 12.7 Å². The Kier molecular flexibility index (Phi) is 11.0. The molecule has 4 N–H and O–H groups in total. The van der Waals surface area contributed by atoms with Gasteiger partial charge in [0.25, 0.3) is 0 Å². The Hall–Kier alpha value is -3.39. The fourth-order valence-electron chi connectivity index (χ4n) is 4.72. The first-order valence-corrected chi connectivity index (χ1v) is 13.9. The lowest BCUT2D eigenvalue weighted by Crippen LogP contribution is -2.53. The highest BCUT2D eigenvalue weighted by molar-refractivity contribution is 5.95. The monoisotopic (exact) mass is 599 g/mol. The molecule has 0 unspecified atom stereocenters. The minimum absolute atomic E-state index is 0.00426. The van der Waals surface area contributed by atoms with Gasteiger partial charge in [-0.05, 0) is 54.9 Å². The number of rotatable bonds is 6. The number of likely N-dealkylation sites (tertiary alicyclic amines) is 2. The van der Waals surface area contributed by atoms with E-state index in [1.165, 1.54) is 4.90 Å². The molecule has 0 aromatic rings. The molecule has 0 aromatic heterocycles. The van der Waals surface area contributed by atoms with Crippen molar-refractivity contribution in [2.45, 2.75) is 109 Å². The molecule has 1 aliphatic carbocycles. The van der Waals surface area contributed by atoms with E-state index >= 15 is 0 Å². The number of nitrogens with zero attached hydrogens (tertiary/aromatic N) is 2. The van der Waals surface area contributed by atoms with Gasteiger partial charge < -0.3 is 34.8 Å². The molecule has 0 aromatic carbocycles. The molecule has 0 radical (unpaired) electrons. The largest absolute Gasteiger partial charge is 0.480 e. The number of esters is 1. The van der Waals surface area contributed by atoms with E-state index in [0.717, 1.165) is 4.90 Å². The van der Waals surface area contributed by atoms with Crippen LogP contribution in [-0.4, -0.2) is 116 Å². The van der Waals surface area contributed by atoms with Crippen molar-refractivity contribution in [3.05, 3.63) is 12.7 Å². The molecule has 238 valence electrons. The molecule has 3 amide bonds. The molecule has 2 heterocycles. The van der Waals surface area contributed by atoms with Crippen molar-refractivity contribution >= 4 is 30.0 Å². The van der Waals surface area contributed by atoms with E-state index in [9.17, 15) is 34.2 Å². The first-order valence-electron chi connectivity index (χ1n) is 13.9. The summed E-state index contributed by atoms with van der Waals surface area (Å²) < 4.78 is 15.4. The van der Waals surface area contributed by atoms with E-state index < -0.39 is 71.1 Å². The van der Waals surface area contributed by atoms with Crippen LogP contribution in [0, 0.1) is 5.92 Å². The molecule has 6 atom stereocenters. The third kappa shape index (κ3) is 9.05. The molecule has 14 heteroatoms. The highest BCUT2D eigenvalue weighted by atomic mass is 16.6. The number of ether oxygens (including phenoxy) is 3. The molecule has 3 rings (SSSR count). The number of aliphatic carboxylic acids is 1. The zero-order valence-corrected chi connectivity index (χ0v) is 25.4. The summed E-state index contributed by atoms with van der Waals surface area (Å²) in [5.41, 5.74) is -2.53. The summed E-state index contributed by atoms with van der Waals surface area (Å²) in [5, 5.41) is 30.9. The molecule has 14 nitrogen and oxygen atoms in total. The van der Waals surface area contributed by atoms with Gasteiger partial charge in [-0.3, -0.25) is 14.6 Å². The lowest BCUT2D eigenvalue weighted by atomic mass is 10.1. The maximum atomic E-state index is 12.8. The van der Waals surface area contributed by atoms with Crippen LogP contribution < -0.4 is 5.32 Å². The number of carboxylic acid groups (broad SMARTS) is 1. The van der Waals surface area contributed by atoms with Crippen LogP contribution in [0.5, 0.6) is 0 Å². The second kappa shape index (κ2) is 13.3. The summed E-state index contributed by atoms with van der Waals surface area (Å²) >= 11 is 0. The average molecular weight is 600 g/mol. The second-order valence-electron chi connectivity index (χ2n) is 12.6. The van der Waals surface area contributed by atoms with Gasteiger partial charge in [-0.1, -0.05) is 6.08 Å². The number of carboxylic acids is 1. The average Bonchev–Trinajstić information content (AvgIpc) is 3.17. The van der Waals surface area contributed by atoms with Gasteiger partial charge in [-0.25, -0.2) is 19.2 Å². The van der Waals surface area contributed by atoms with E-state index in [-0.39, 0.29) is 38.5 Å². The number of carbonyl (C=O) groups excluding carboxylic acids is 4. The normalized spacial score (nSPS) is 28.6. The van der Waals surface area contributed by atoms with Gasteiger partial charge in [-0.2, -0.15) is 0 Å². The van der Waals surface area contributed by atoms with Crippen LogP contribution in [0.2, 0.25) is 0 Å². The maximum Gasteiger partial charge on any atom is 0.411 e. The van der Waals surface area contributed by atoms with Crippen LogP contribution in [0.25, 0.3) is 0 Å². The molecular formula is C28H45N3O11. The Morgan fingerprint density at radius 1 is 0.905 bits per heavy atom. The molecular weight excluding hydrogens is 554 g/mol. The molecule has 42 heavy (non-hydrogen) atoms. The van der Waals surface area contributed by atoms with Crippen LogP contribution >= 0.6 is 0 Å². The van der Waals surface area contributed by atoms with E-state index in [4.69, 9.17) is 19.3 Å². The zero-order chi connectivity index (χ0) is 32.2. The smallest absolute Gasteiger partial charge is 0.411 e. The number of amides is 3. The molecule has 1 saturated carbocycles. The van der Waals surface area contributed by atoms with E-state index in [1.807, 2.05) is 0 Å². The summed E-state index contributed by atoms with van der Waals surface area (Å²) in [6, 6.07) is -1.90. The standard InChI is InChI=1S/C18H28N2O6.C10H17NO5/c1-6-11-9-18(11,15(23)25-7-2)19-14(22)13-8-12(21)10-20(13)16(24)26-17(3,4)5;1-10(2,3)16-9(15)11-5-6(12)4-7(11)8(13)14/h6,11-13,21H,1,7-10H2,2-5H3,(H,19,22);6-7,12H,4-5H2,1-3H3,(H,13,14)/t11-,12-,13+,18-;6-,7+/m11/s1. The van der Waals surface area contributed by atoms with Gasteiger partial charge in [-0.15, -0.1) is 6.58 Å². The fraction of sp³-hybridized carbons (Fsp3) is 0.750. The molecule has 3 fully saturated rings. The third-order valence-corrected chi connectivity index (χ3v) is 6.69. The quantitative estimate of drug-likeness (QED) is 0.196. The SMILES string of the molecule is C=C[C@@H]1C[C@]1(NC(=O)[C@@H]1C[C@@H](O)CN1C(=O)OC(C)(C)C)C(=O)OCC.CC(C)(C)OC(=O)N1C[C@H](O)C[C@H]1C(=O)O. The van der Waals surface area contributed by atoms with Crippen LogP contribution in [0.3, 0.4) is 0 Å². The number of aliphatic hydroxyl groups excluding tert-OH is 2. The molecule has 2 saturated heterocycles. The number of hydrogen-bond acceptors (Lipinski definition) is 10. The Balaban J connectivity index is 0.000000330. The van der Waals surface area contributed by atoms with Crippen molar-refractivity contribution in [1.29, 1.82) is 0 Å². The Bertz CT molecular complexity index is 1050. The fourth-order valence-corrected chi connectivity index (χ4v) is 4.72. The minimum atomic E-state index is -1.14. The summed E-state index contributed by atoms with van der Waals surface area (Å²) in [5.74, 6) is -2.36. The van der Waals surface area contributed by atoms with Crippen molar-refractivity contribution in [3.63, 3.8) is 0 Å². The maximum absolute atomic E-state index is 12.8. The van der Waals surface area contributed by atoms with Crippen LogP contribution in [-0.2, 0) is 28.6 Å². The lowest BCUT2D eigenvalue weighted by Gasteiger charge is -2.29. The number of β-amino-alcohol motifs (C(OH)–C–C–N with tert-alkyl or cyclic N) is 2. The molecule has 3 aliphatic rings. The summed E-state index contributed by atoms with van der Waals surface area (Å²) in [6.07, 6.45) is -0.848. The van der Waals surface area contributed by atoms with E-state index in [1.54, 1.807) is 54.5 Å². The highest BCUT2D eigenvalue weighted by Gasteiger charge is 2.62. The summed E-state index contributed by atoms with van der Waals surface area (Å²) in [6.45, 7) is 15.9. The van der Waals surface area contributed by atoms with Gasteiger partial charge >= 0.3 is 24.1 Å². The second-order valence-corrected chi connectivity index (χ2v) is 12.6. The van der Waals surface area contributed by atoms with Gasteiger partial charge in [0.2, 0.25) is 5.91 Å². The number of nitrogens with one attached hydrogen (secondary N) is 1. The number of carbonyl (C=O) groups is 5. The Morgan fingerprint density at radius 3 is 1.74 bits per heavy atom. The first kappa shape index (κ1) is 34.8. The van der Waals surface area contributed by atoms with Gasteiger partial charge in [0.1, 0.15) is 28.8 Å². The summed E-state index contributed by atoms with van der Waals surface area (Å²) in [7, 11) is 0. The predicted molar refractivity (Wildman–Crippen MR) is 148 cm³/mol. The van der Waals surface area contributed by atoms with Gasteiger partial charge in [0.15, 0.2) is 0 Å².